The van der Waals surface area contributed by atoms with Crippen molar-refractivity contribution >= 4 is 27.6 Å². The van der Waals surface area contributed by atoms with Gasteiger partial charge in [0.25, 0.3) is 0 Å². The van der Waals surface area contributed by atoms with Gasteiger partial charge in [-0.3, -0.25) is 10.3 Å². The Labute approximate surface area is 111 Å². The molecule has 1 aromatic rings. The second-order valence-corrected chi connectivity index (χ2v) is 4.47. The van der Waals surface area contributed by atoms with Crippen LogP contribution in [0.4, 0.5) is 14.9 Å². The normalized spacial score (nSPS) is 17.9. The summed E-state index contributed by atoms with van der Waals surface area (Å²) in [4.78, 5) is 16.6. The Hall–Kier alpha value is -1.60. The molecule has 7 heteroatoms. The van der Waals surface area contributed by atoms with E-state index in [0.29, 0.717) is 12.2 Å². The molecular formula is C11H11BrFN3O2. The smallest absolute Gasteiger partial charge is 0.319 e. The Bertz CT molecular complexity index is 464. The first kappa shape index (κ1) is 12.8. The Kier molecular flexibility index (Phi) is 4.16. The number of rotatable bonds is 3. The number of hydroxylamine groups is 1. The van der Waals surface area contributed by atoms with Gasteiger partial charge in [-0.05, 0) is 46.3 Å². The molecule has 0 spiro atoms. The third kappa shape index (κ3) is 3.71. The van der Waals surface area contributed by atoms with Crippen LogP contribution in [0.3, 0.4) is 0 Å². The van der Waals surface area contributed by atoms with Crippen LogP contribution in [-0.2, 0) is 4.84 Å². The van der Waals surface area contributed by atoms with Gasteiger partial charge in [-0.15, -0.1) is 0 Å². The van der Waals surface area contributed by atoms with Crippen molar-refractivity contribution in [1.29, 1.82) is 0 Å². The van der Waals surface area contributed by atoms with Gasteiger partial charge in [0.2, 0.25) is 0 Å². The number of carbonyl (C=O) groups excluding carboxylic acids is 1. The van der Waals surface area contributed by atoms with Crippen LogP contribution in [0.15, 0.2) is 34.9 Å². The highest BCUT2D eigenvalue weighted by molar-refractivity contribution is 9.11. The van der Waals surface area contributed by atoms with Gasteiger partial charge in [-0.2, -0.15) is 0 Å². The van der Waals surface area contributed by atoms with E-state index in [-0.39, 0.29) is 18.0 Å². The first-order valence-corrected chi connectivity index (χ1v) is 6.02. The molecule has 0 aromatic heterocycles. The maximum atomic E-state index is 12.7. The Balaban J connectivity index is 1.77. The maximum absolute atomic E-state index is 12.7. The van der Waals surface area contributed by atoms with Crippen LogP contribution in [0.25, 0.3) is 0 Å². The number of nitrogens with one attached hydrogen (secondary N) is 3. The number of benzene rings is 1. The lowest BCUT2D eigenvalue weighted by atomic mass is 10.3. The van der Waals surface area contributed by atoms with E-state index in [9.17, 15) is 9.18 Å². The van der Waals surface area contributed by atoms with Gasteiger partial charge in [0.05, 0.1) is 6.54 Å². The maximum Gasteiger partial charge on any atom is 0.319 e. The molecule has 0 bridgehead atoms. The molecule has 96 valence electrons. The SMILES string of the molecule is O=C(NCC1C=C(Br)NO1)Nc1ccc(F)cc1. The topological polar surface area (TPSA) is 62.4 Å². The van der Waals surface area contributed by atoms with Gasteiger partial charge < -0.3 is 10.6 Å². The number of hydrogen-bond donors (Lipinski definition) is 3. The third-order valence-electron chi connectivity index (χ3n) is 2.21. The molecule has 1 unspecified atom stereocenters. The van der Waals surface area contributed by atoms with Crippen molar-refractivity contribution in [2.24, 2.45) is 0 Å². The molecule has 1 atom stereocenters. The third-order valence-corrected chi connectivity index (χ3v) is 2.63. The minimum atomic E-state index is -0.373. The molecule has 0 saturated heterocycles. The van der Waals surface area contributed by atoms with Gasteiger partial charge in [-0.1, -0.05) is 0 Å². The van der Waals surface area contributed by atoms with Crippen LogP contribution in [0.1, 0.15) is 0 Å². The highest BCUT2D eigenvalue weighted by atomic mass is 79.9. The number of carbonyl (C=O) groups is 1. The fraction of sp³-hybridized carbons (Fsp3) is 0.182. The van der Waals surface area contributed by atoms with Crippen molar-refractivity contribution in [2.75, 3.05) is 11.9 Å². The molecule has 3 N–H and O–H groups in total. The Morgan fingerprint density at radius 3 is 2.78 bits per heavy atom. The molecule has 1 aliphatic heterocycles. The van der Waals surface area contributed by atoms with Crippen LogP contribution in [0.5, 0.6) is 0 Å². The number of amides is 2. The minimum absolute atomic E-state index is 0.224. The lowest BCUT2D eigenvalue weighted by Crippen LogP contribution is -2.35. The summed E-state index contributed by atoms with van der Waals surface area (Å²) >= 11 is 3.21. The first-order valence-electron chi connectivity index (χ1n) is 5.23. The fourth-order valence-electron chi connectivity index (χ4n) is 1.37. The standard InChI is InChI=1S/C11H11BrFN3O2/c12-10-5-9(18-16-10)6-14-11(17)15-8-3-1-7(13)2-4-8/h1-5,9,16H,6H2,(H2,14,15,17). The van der Waals surface area contributed by atoms with Crippen LogP contribution < -0.4 is 16.1 Å². The molecule has 0 fully saturated rings. The van der Waals surface area contributed by atoms with Crippen molar-refractivity contribution in [3.05, 3.63) is 40.8 Å². The molecule has 1 heterocycles. The lowest BCUT2D eigenvalue weighted by Gasteiger charge is -2.10. The Morgan fingerprint density at radius 2 is 2.17 bits per heavy atom. The summed E-state index contributed by atoms with van der Waals surface area (Å²) < 4.78 is 13.4. The van der Waals surface area contributed by atoms with Gasteiger partial charge in [0.1, 0.15) is 16.5 Å². The molecule has 2 amide bonds. The minimum Gasteiger partial charge on any atom is -0.335 e. The van der Waals surface area contributed by atoms with E-state index >= 15 is 0 Å². The second-order valence-electron chi connectivity index (χ2n) is 3.61. The van der Waals surface area contributed by atoms with E-state index < -0.39 is 0 Å². The van der Waals surface area contributed by atoms with Gasteiger partial charge in [-0.25, -0.2) is 9.18 Å². The van der Waals surface area contributed by atoms with E-state index in [1.54, 1.807) is 6.08 Å². The second kappa shape index (κ2) is 5.83. The predicted octanol–water partition coefficient (Wildman–Crippen LogP) is 2.09. The summed E-state index contributed by atoms with van der Waals surface area (Å²) in [7, 11) is 0. The zero-order valence-electron chi connectivity index (χ0n) is 9.24. The largest absolute Gasteiger partial charge is 0.335 e. The summed E-state index contributed by atoms with van der Waals surface area (Å²) in [5, 5.41) is 5.21. The number of hydrogen-bond acceptors (Lipinski definition) is 3. The highest BCUT2D eigenvalue weighted by Gasteiger charge is 2.15. The molecular weight excluding hydrogens is 305 g/mol. The summed E-state index contributed by atoms with van der Waals surface area (Å²) in [5.41, 5.74) is 3.14. The number of halogens is 2. The number of anilines is 1. The first-order chi connectivity index (χ1) is 8.63. The van der Waals surface area contributed by atoms with Gasteiger partial charge in [0.15, 0.2) is 0 Å². The molecule has 5 nitrogen and oxygen atoms in total. The Morgan fingerprint density at radius 1 is 1.44 bits per heavy atom. The molecule has 0 aliphatic carbocycles. The summed E-state index contributed by atoms with van der Waals surface area (Å²) in [6.07, 6.45) is 1.57. The summed E-state index contributed by atoms with van der Waals surface area (Å²) in [6.45, 7) is 0.329. The van der Waals surface area contributed by atoms with E-state index in [2.05, 4.69) is 32.0 Å². The van der Waals surface area contributed by atoms with Crippen molar-refractivity contribution in [3.8, 4) is 0 Å². The van der Waals surface area contributed by atoms with E-state index in [1.165, 1.54) is 24.3 Å². The quantitative estimate of drug-likeness (QED) is 0.748. The number of urea groups is 1. The molecule has 0 radical (unpaired) electrons. The van der Waals surface area contributed by atoms with Gasteiger partial charge >= 0.3 is 6.03 Å². The molecule has 2 rings (SSSR count). The average molecular weight is 316 g/mol. The zero-order valence-corrected chi connectivity index (χ0v) is 10.8. The molecule has 1 aromatic carbocycles. The summed E-state index contributed by atoms with van der Waals surface area (Å²) in [5.74, 6) is -0.346. The summed E-state index contributed by atoms with van der Waals surface area (Å²) in [6, 6.07) is 5.15. The van der Waals surface area contributed by atoms with E-state index in [0.717, 1.165) is 4.61 Å². The highest BCUT2D eigenvalue weighted by Crippen LogP contribution is 2.11. The van der Waals surface area contributed by atoms with Crippen LogP contribution in [0.2, 0.25) is 0 Å². The van der Waals surface area contributed by atoms with Crippen molar-refractivity contribution in [2.45, 2.75) is 6.10 Å². The van der Waals surface area contributed by atoms with E-state index in [4.69, 9.17) is 4.84 Å². The zero-order chi connectivity index (χ0) is 13.0. The van der Waals surface area contributed by atoms with Crippen molar-refractivity contribution in [1.82, 2.24) is 10.8 Å². The van der Waals surface area contributed by atoms with Gasteiger partial charge in [0, 0.05) is 5.69 Å². The lowest BCUT2D eigenvalue weighted by molar-refractivity contribution is 0.0481. The molecule has 1 aliphatic rings. The van der Waals surface area contributed by atoms with Crippen LogP contribution in [0, 0.1) is 5.82 Å². The van der Waals surface area contributed by atoms with E-state index in [1.807, 2.05) is 0 Å². The molecule has 0 saturated carbocycles. The van der Waals surface area contributed by atoms with Crippen molar-refractivity contribution < 1.29 is 14.0 Å². The fourth-order valence-corrected chi connectivity index (χ4v) is 1.75. The molecule has 18 heavy (non-hydrogen) atoms. The predicted molar refractivity (Wildman–Crippen MR) is 68.4 cm³/mol. The van der Waals surface area contributed by atoms with Crippen molar-refractivity contribution in [3.63, 3.8) is 0 Å². The average Bonchev–Trinajstić information content (AvgIpc) is 2.76. The monoisotopic (exact) mass is 315 g/mol. The van der Waals surface area contributed by atoms with Crippen LogP contribution >= 0.6 is 15.9 Å². The van der Waals surface area contributed by atoms with Crippen LogP contribution in [-0.4, -0.2) is 18.7 Å².